The molecular weight excluding hydrogens is 352 g/mol. The summed E-state index contributed by atoms with van der Waals surface area (Å²) in [7, 11) is 1.62. The number of hydrogen-bond acceptors (Lipinski definition) is 6. The van der Waals surface area contributed by atoms with Gasteiger partial charge in [0.15, 0.2) is 5.11 Å². The lowest BCUT2D eigenvalue weighted by molar-refractivity contribution is 0.399. The van der Waals surface area contributed by atoms with Crippen LogP contribution >= 0.6 is 12.2 Å². The highest BCUT2D eigenvalue weighted by Gasteiger charge is 2.31. The van der Waals surface area contributed by atoms with Crippen LogP contribution in [0.15, 0.2) is 57.3 Å². The predicted octanol–water partition coefficient (Wildman–Crippen LogP) is 3.29. The number of ether oxygens (including phenoxy) is 1. The molecule has 8 heteroatoms. The van der Waals surface area contributed by atoms with Gasteiger partial charge in [0.25, 0.3) is 5.89 Å². The minimum Gasteiger partial charge on any atom is -0.497 e. The monoisotopic (exact) mass is 368 g/mol. The first-order valence-electron chi connectivity index (χ1n) is 7.96. The van der Waals surface area contributed by atoms with Crippen molar-refractivity contribution in [1.82, 2.24) is 20.8 Å². The molecule has 0 aliphatic carbocycles. The molecule has 2 aromatic heterocycles. The van der Waals surface area contributed by atoms with Gasteiger partial charge in [0.1, 0.15) is 17.6 Å². The van der Waals surface area contributed by atoms with Crippen molar-refractivity contribution in [3.05, 3.63) is 60.0 Å². The van der Waals surface area contributed by atoms with E-state index in [1.165, 1.54) is 0 Å². The fourth-order valence-corrected chi connectivity index (χ4v) is 3.11. The summed E-state index contributed by atoms with van der Waals surface area (Å²) in [5.41, 5.74) is 2.46. The van der Waals surface area contributed by atoms with Gasteiger partial charge in [0.05, 0.1) is 18.9 Å². The molecule has 0 bridgehead atoms. The normalized spacial score (nSPS) is 17.0. The Hall–Kier alpha value is -3.13. The second-order valence-corrected chi connectivity index (χ2v) is 6.15. The molecule has 1 aliphatic rings. The Morgan fingerprint density at radius 1 is 1.19 bits per heavy atom. The van der Waals surface area contributed by atoms with Gasteiger partial charge in [-0.1, -0.05) is 5.16 Å². The van der Waals surface area contributed by atoms with E-state index in [1.54, 1.807) is 13.4 Å². The van der Waals surface area contributed by atoms with Crippen LogP contribution in [-0.2, 0) is 0 Å². The van der Waals surface area contributed by atoms with Crippen molar-refractivity contribution in [1.29, 1.82) is 0 Å². The number of methoxy groups -OCH3 is 1. The van der Waals surface area contributed by atoms with Crippen LogP contribution in [0, 0.1) is 0 Å². The molecule has 1 aliphatic heterocycles. The topological polar surface area (TPSA) is 85.4 Å². The molecule has 0 fully saturated rings. The third-order valence-electron chi connectivity index (χ3n) is 4.10. The second-order valence-electron chi connectivity index (χ2n) is 5.74. The van der Waals surface area contributed by atoms with E-state index < -0.39 is 0 Å². The molecule has 3 heterocycles. The third-order valence-corrected chi connectivity index (χ3v) is 4.32. The van der Waals surface area contributed by atoms with E-state index in [2.05, 4.69) is 20.8 Å². The van der Waals surface area contributed by atoms with Crippen LogP contribution in [0.2, 0.25) is 0 Å². The van der Waals surface area contributed by atoms with Gasteiger partial charge in [0, 0.05) is 11.3 Å². The Balaban J connectivity index is 1.72. The van der Waals surface area contributed by atoms with Gasteiger partial charge in [-0.2, -0.15) is 4.98 Å². The van der Waals surface area contributed by atoms with Crippen LogP contribution in [0.25, 0.3) is 17.0 Å². The van der Waals surface area contributed by atoms with Crippen LogP contribution < -0.4 is 15.4 Å². The minimum atomic E-state index is -0.303. The van der Waals surface area contributed by atoms with Gasteiger partial charge in [0.2, 0.25) is 5.82 Å². The van der Waals surface area contributed by atoms with Gasteiger partial charge < -0.3 is 24.3 Å². The zero-order valence-corrected chi connectivity index (χ0v) is 15.0. The first-order valence-corrected chi connectivity index (χ1v) is 8.36. The number of aromatic nitrogens is 2. The predicted molar refractivity (Wildman–Crippen MR) is 99.2 cm³/mol. The zero-order valence-electron chi connectivity index (χ0n) is 14.1. The van der Waals surface area contributed by atoms with Crippen molar-refractivity contribution in [2.24, 2.45) is 0 Å². The second kappa shape index (κ2) is 6.64. The van der Waals surface area contributed by atoms with E-state index in [9.17, 15) is 0 Å². The number of benzene rings is 1. The van der Waals surface area contributed by atoms with Gasteiger partial charge in [-0.3, -0.25) is 0 Å². The van der Waals surface area contributed by atoms with Crippen molar-refractivity contribution < 1.29 is 13.7 Å². The maximum absolute atomic E-state index is 5.55. The summed E-state index contributed by atoms with van der Waals surface area (Å²) in [6.07, 6.45) is 1.62. The van der Waals surface area contributed by atoms with Gasteiger partial charge >= 0.3 is 0 Å². The highest BCUT2D eigenvalue weighted by molar-refractivity contribution is 7.80. The number of hydrogen-bond donors (Lipinski definition) is 2. The molecule has 26 heavy (non-hydrogen) atoms. The third kappa shape index (κ3) is 2.95. The Bertz CT molecular complexity index is 961. The van der Waals surface area contributed by atoms with Crippen molar-refractivity contribution >= 4 is 22.9 Å². The first-order chi connectivity index (χ1) is 12.7. The molecule has 1 aromatic carbocycles. The SMILES string of the molecule is COc1ccc(-c2noc(C3=C(C)NC(=S)NC3c3ccco3)n2)cc1. The Morgan fingerprint density at radius 3 is 2.69 bits per heavy atom. The smallest absolute Gasteiger partial charge is 0.258 e. The van der Waals surface area contributed by atoms with Crippen molar-refractivity contribution in [2.75, 3.05) is 7.11 Å². The van der Waals surface area contributed by atoms with Gasteiger partial charge in [-0.25, -0.2) is 0 Å². The molecule has 4 rings (SSSR count). The van der Waals surface area contributed by atoms with Crippen molar-refractivity contribution in [2.45, 2.75) is 13.0 Å². The molecule has 0 saturated carbocycles. The van der Waals surface area contributed by atoms with Gasteiger partial charge in [-0.05, 0) is 55.5 Å². The molecule has 0 amide bonds. The largest absolute Gasteiger partial charge is 0.497 e. The Kier molecular flexibility index (Phi) is 4.18. The highest BCUT2D eigenvalue weighted by Crippen LogP contribution is 2.34. The summed E-state index contributed by atoms with van der Waals surface area (Å²) in [6, 6.07) is 10.9. The number of allylic oxidation sites excluding steroid dienone is 1. The Morgan fingerprint density at radius 2 is 2.00 bits per heavy atom. The van der Waals surface area contributed by atoms with E-state index in [1.807, 2.05) is 43.3 Å². The quantitative estimate of drug-likeness (QED) is 0.679. The molecule has 1 unspecified atom stereocenters. The molecule has 0 saturated heterocycles. The molecule has 1 atom stereocenters. The maximum atomic E-state index is 5.55. The van der Waals surface area contributed by atoms with E-state index in [4.69, 9.17) is 25.9 Å². The van der Waals surface area contributed by atoms with E-state index in [0.717, 1.165) is 22.6 Å². The minimum absolute atomic E-state index is 0.303. The summed E-state index contributed by atoms with van der Waals surface area (Å²) in [5, 5.41) is 10.9. The molecule has 7 nitrogen and oxygen atoms in total. The summed E-state index contributed by atoms with van der Waals surface area (Å²) in [6.45, 7) is 1.91. The average Bonchev–Trinajstić information content (AvgIpc) is 3.33. The number of nitrogens with one attached hydrogen (secondary N) is 2. The lowest BCUT2D eigenvalue weighted by atomic mass is 10.0. The van der Waals surface area contributed by atoms with Crippen molar-refractivity contribution in [3.63, 3.8) is 0 Å². The molecule has 3 aromatic rings. The lowest BCUT2D eigenvalue weighted by Crippen LogP contribution is -2.42. The fourth-order valence-electron chi connectivity index (χ4n) is 2.84. The Labute approximate surface area is 155 Å². The number of thiocarbonyl (C=S) groups is 1. The average molecular weight is 368 g/mol. The molecule has 0 spiro atoms. The van der Waals surface area contributed by atoms with E-state index in [0.29, 0.717) is 22.6 Å². The fraction of sp³-hybridized carbons (Fsp3) is 0.167. The lowest BCUT2D eigenvalue weighted by Gasteiger charge is -2.27. The number of rotatable bonds is 4. The van der Waals surface area contributed by atoms with Gasteiger partial charge in [-0.15, -0.1) is 0 Å². The van der Waals surface area contributed by atoms with Crippen LogP contribution in [0.4, 0.5) is 0 Å². The van der Waals surface area contributed by atoms with Crippen molar-refractivity contribution in [3.8, 4) is 17.1 Å². The van der Waals surface area contributed by atoms with E-state index >= 15 is 0 Å². The molecule has 0 radical (unpaired) electrons. The van der Waals surface area contributed by atoms with Crippen LogP contribution in [0.3, 0.4) is 0 Å². The zero-order chi connectivity index (χ0) is 18.1. The van der Waals surface area contributed by atoms with Crippen LogP contribution in [0.5, 0.6) is 5.75 Å². The highest BCUT2D eigenvalue weighted by atomic mass is 32.1. The molecule has 2 N–H and O–H groups in total. The van der Waals surface area contributed by atoms with Crippen LogP contribution in [0.1, 0.15) is 24.6 Å². The molecule has 132 valence electrons. The summed E-state index contributed by atoms with van der Waals surface area (Å²) in [4.78, 5) is 4.55. The summed E-state index contributed by atoms with van der Waals surface area (Å²) >= 11 is 5.27. The van der Waals surface area contributed by atoms with Crippen LogP contribution in [-0.4, -0.2) is 22.4 Å². The van der Waals surface area contributed by atoms with E-state index in [-0.39, 0.29) is 6.04 Å². The first kappa shape index (κ1) is 16.3. The number of furan rings is 1. The number of nitrogens with zero attached hydrogens (tertiary/aromatic N) is 2. The maximum Gasteiger partial charge on any atom is 0.258 e. The molecular formula is C18H16N4O3S. The summed E-state index contributed by atoms with van der Waals surface area (Å²) < 4.78 is 16.3. The summed E-state index contributed by atoms with van der Waals surface area (Å²) in [5.74, 6) is 2.38. The standard InChI is InChI=1S/C18H16N4O3S/c1-10-14(15(20-18(26)19-10)13-4-3-9-24-13)17-21-16(22-25-17)11-5-7-12(23-2)8-6-11/h3-9,15H,1-2H3,(H2,19,20,26).